The molecule has 1 aliphatic rings. The van der Waals surface area contributed by atoms with E-state index in [9.17, 15) is 0 Å². The number of morpholine rings is 1. The molecule has 1 heterocycles. The minimum atomic E-state index is 0.491. The van der Waals surface area contributed by atoms with Crippen LogP contribution in [0.1, 0.15) is 32.3 Å². The van der Waals surface area contributed by atoms with Crippen molar-refractivity contribution in [2.75, 3.05) is 53.0 Å². The Hall–Kier alpha value is -1.79. The number of nitrogens with one attached hydrogen (secondary N) is 2. The molecule has 2 rings (SSSR count). The number of nitrogens with zero attached hydrogens (tertiary/aromatic N) is 2. The number of hydrogen-bond donors (Lipinski definition) is 2. The zero-order chi connectivity index (χ0) is 20.2. The predicted octanol–water partition coefficient (Wildman–Crippen LogP) is 2.68. The van der Waals surface area contributed by atoms with E-state index in [4.69, 9.17) is 9.47 Å². The van der Waals surface area contributed by atoms with Crippen molar-refractivity contribution in [3.63, 3.8) is 0 Å². The molecule has 0 amide bonds. The lowest BCUT2D eigenvalue weighted by molar-refractivity contribution is 0.00752. The van der Waals surface area contributed by atoms with Gasteiger partial charge in [0.1, 0.15) is 5.75 Å². The number of ether oxygens (including phenoxy) is 2. The van der Waals surface area contributed by atoms with Gasteiger partial charge in [0.2, 0.25) is 0 Å². The van der Waals surface area contributed by atoms with Crippen LogP contribution in [0.25, 0.3) is 0 Å². The molecule has 1 saturated heterocycles. The molecular weight excluding hydrogens is 352 g/mol. The Labute approximate surface area is 170 Å². The van der Waals surface area contributed by atoms with Crippen LogP contribution in [0, 0.1) is 12.8 Å². The number of hydrogen-bond acceptors (Lipinski definition) is 4. The normalized spacial score (nSPS) is 16.8. The summed E-state index contributed by atoms with van der Waals surface area (Å²) in [5.41, 5.74) is 1.25. The maximum absolute atomic E-state index is 5.78. The topological polar surface area (TPSA) is 58.1 Å². The first-order chi connectivity index (χ1) is 13.6. The highest BCUT2D eigenvalue weighted by Gasteiger charge is 2.23. The highest BCUT2D eigenvalue weighted by Crippen LogP contribution is 2.13. The lowest BCUT2D eigenvalue weighted by atomic mass is 10.0. The molecule has 28 heavy (non-hydrogen) atoms. The average Bonchev–Trinajstić information content (AvgIpc) is 2.71. The summed E-state index contributed by atoms with van der Waals surface area (Å²) in [5.74, 6) is 2.40. The van der Waals surface area contributed by atoms with E-state index >= 15 is 0 Å². The third-order valence-corrected chi connectivity index (χ3v) is 5.14. The molecule has 0 spiro atoms. The molecule has 0 radical (unpaired) electrons. The maximum Gasteiger partial charge on any atom is 0.191 e. The molecule has 0 aliphatic carbocycles. The summed E-state index contributed by atoms with van der Waals surface area (Å²) in [6.45, 7) is 12.9. The Kier molecular flexibility index (Phi) is 10.1. The summed E-state index contributed by atoms with van der Waals surface area (Å²) in [7, 11) is 1.83. The van der Waals surface area contributed by atoms with Crippen LogP contribution in [0.5, 0.6) is 5.75 Å². The molecular formula is C22H38N4O2. The SMILES string of the molecule is CN=C(NCCCCOc1ccc(C)cc1)NCC(C(C)C)N1CCOCC1. The zero-order valence-electron chi connectivity index (χ0n) is 18.0. The molecule has 6 nitrogen and oxygen atoms in total. The number of aryl methyl sites for hydroxylation is 1. The van der Waals surface area contributed by atoms with Crippen molar-refractivity contribution in [3.8, 4) is 5.75 Å². The molecule has 1 atom stereocenters. The second kappa shape index (κ2) is 12.6. The molecule has 1 aromatic rings. The second-order valence-electron chi connectivity index (χ2n) is 7.71. The molecule has 0 aromatic heterocycles. The molecule has 6 heteroatoms. The largest absolute Gasteiger partial charge is 0.494 e. The van der Waals surface area contributed by atoms with Crippen LogP contribution in [0.2, 0.25) is 0 Å². The van der Waals surface area contributed by atoms with Crippen molar-refractivity contribution in [2.24, 2.45) is 10.9 Å². The lowest BCUT2D eigenvalue weighted by Gasteiger charge is -2.37. The van der Waals surface area contributed by atoms with E-state index in [2.05, 4.69) is 53.4 Å². The summed E-state index contributed by atoms with van der Waals surface area (Å²) >= 11 is 0. The van der Waals surface area contributed by atoms with Gasteiger partial charge in [-0.25, -0.2) is 0 Å². The standard InChI is InChI=1S/C22H38N4O2/c1-18(2)21(26-12-15-27-16-13-26)17-25-22(23-4)24-11-5-6-14-28-20-9-7-19(3)8-10-20/h7-10,18,21H,5-6,11-17H2,1-4H3,(H2,23,24,25). The van der Waals surface area contributed by atoms with Gasteiger partial charge in [-0.3, -0.25) is 9.89 Å². The third kappa shape index (κ3) is 8.07. The summed E-state index contributed by atoms with van der Waals surface area (Å²) in [6.07, 6.45) is 2.06. The van der Waals surface area contributed by atoms with Gasteiger partial charge in [-0.1, -0.05) is 31.5 Å². The Morgan fingerprint density at radius 1 is 1.14 bits per heavy atom. The fourth-order valence-corrected chi connectivity index (χ4v) is 3.38. The molecule has 1 aliphatic heterocycles. The minimum absolute atomic E-state index is 0.491. The summed E-state index contributed by atoms with van der Waals surface area (Å²) in [4.78, 5) is 6.88. The highest BCUT2D eigenvalue weighted by atomic mass is 16.5. The molecule has 1 fully saturated rings. The van der Waals surface area contributed by atoms with Gasteiger partial charge >= 0.3 is 0 Å². The Morgan fingerprint density at radius 3 is 2.50 bits per heavy atom. The Morgan fingerprint density at radius 2 is 1.86 bits per heavy atom. The van der Waals surface area contributed by atoms with E-state index in [0.29, 0.717) is 12.0 Å². The van der Waals surface area contributed by atoms with Crippen molar-refractivity contribution in [3.05, 3.63) is 29.8 Å². The Balaban J connectivity index is 1.61. The predicted molar refractivity (Wildman–Crippen MR) is 116 cm³/mol. The van der Waals surface area contributed by atoms with Crippen LogP contribution < -0.4 is 15.4 Å². The van der Waals surface area contributed by atoms with Gasteiger partial charge in [-0.2, -0.15) is 0 Å². The van der Waals surface area contributed by atoms with Gasteiger partial charge in [0.15, 0.2) is 5.96 Å². The van der Waals surface area contributed by atoms with Crippen molar-refractivity contribution in [1.29, 1.82) is 0 Å². The van der Waals surface area contributed by atoms with Crippen LogP contribution in [-0.4, -0.2) is 69.9 Å². The molecule has 1 aromatic carbocycles. The number of guanidine groups is 1. The van der Waals surface area contributed by atoms with Crippen molar-refractivity contribution in [1.82, 2.24) is 15.5 Å². The summed E-state index contributed by atoms with van der Waals surface area (Å²) < 4.78 is 11.3. The van der Waals surface area contributed by atoms with Crippen molar-refractivity contribution in [2.45, 2.75) is 39.7 Å². The molecule has 1 unspecified atom stereocenters. The second-order valence-corrected chi connectivity index (χ2v) is 7.71. The van der Waals surface area contributed by atoms with Gasteiger partial charge in [0.05, 0.1) is 19.8 Å². The van der Waals surface area contributed by atoms with Gasteiger partial charge in [0.25, 0.3) is 0 Å². The van der Waals surface area contributed by atoms with Crippen LogP contribution in [0.15, 0.2) is 29.3 Å². The minimum Gasteiger partial charge on any atom is -0.494 e. The van der Waals surface area contributed by atoms with Crippen molar-refractivity contribution < 1.29 is 9.47 Å². The number of unbranched alkanes of at least 4 members (excludes halogenated alkanes) is 1. The van der Waals surface area contributed by atoms with E-state index in [0.717, 1.165) is 70.6 Å². The number of aliphatic imine (C=N–C) groups is 1. The van der Waals surface area contributed by atoms with Crippen LogP contribution in [0.3, 0.4) is 0 Å². The number of benzene rings is 1. The quantitative estimate of drug-likeness (QED) is 0.365. The van der Waals surface area contributed by atoms with E-state index < -0.39 is 0 Å². The third-order valence-electron chi connectivity index (χ3n) is 5.14. The molecule has 158 valence electrons. The first-order valence-electron chi connectivity index (χ1n) is 10.6. The van der Waals surface area contributed by atoms with Gasteiger partial charge in [-0.15, -0.1) is 0 Å². The molecule has 0 saturated carbocycles. The monoisotopic (exact) mass is 390 g/mol. The van der Waals surface area contributed by atoms with Crippen LogP contribution in [0.4, 0.5) is 0 Å². The number of rotatable bonds is 10. The van der Waals surface area contributed by atoms with Gasteiger partial charge in [0, 0.05) is 39.3 Å². The average molecular weight is 391 g/mol. The smallest absolute Gasteiger partial charge is 0.191 e. The summed E-state index contributed by atoms with van der Waals surface area (Å²) in [6, 6.07) is 8.70. The molecule has 0 bridgehead atoms. The lowest BCUT2D eigenvalue weighted by Crippen LogP contribution is -2.52. The van der Waals surface area contributed by atoms with Crippen molar-refractivity contribution >= 4 is 5.96 Å². The Bertz CT molecular complexity index is 568. The fraction of sp³-hybridized carbons (Fsp3) is 0.682. The first kappa shape index (κ1) is 22.5. The highest BCUT2D eigenvalue weighted by molar-refractivity contribution is 5.79. The fourth-order valence-electron chi connectivity index (χ4n) is 3.38. The van der Waals surface area contributed by atoms with Crippen LogP contribution >= 0.6 is 0 Å². The molecule has 2 N–H and O–H groups in total. The van der Waals surface area contributed by atoms with Crippen LogP contribution in [-0.2, 0) is 4.74 Å². The van der Waals surface area contributed by atoms with E-state index in [-0.39, 0.29) is 0 Å². The first-order valence-corrected chi connectivity index (χ1v) is 10.6. The maximum atomic E-state index is 5.78. The van der Waals surface area contributed by atoms with E-state index in [1.165, 1.54) is 5.56 Å². The van der Waals surface area contributed by atoms with E-state index in [1.807, 2.05) is 19.2 Å². The van der Waals surface area contributed by atoms with E-state index in [1.54, 1.807) is 0 Å². The summed E-state index contributed by atoms with van der Waals surface area (Å²) in [5, 5.41) is 6.91. The van der Waals surface area contributed by atoms with Gasteiger partial charge in [-0.05, 0) is 37.8 Å². The zero-order valence-corrected chi connectivity index (χ0v) is 18.0. The van der Waals surface area contributed by atoms with Gasteiger partial charge < -0.3 is 20.1 Å².